The lowest BCUT2D eigenvalue weighted by Gasteiger charge is -2.11. The highest BCUT2D eigenvalue weighted by atomic mass is 19.3. The summed E-state index contributed by atoms with van der Waals surface area (Å²) in [4.78, 5) is 0. The van der Waals surface area contributed by atoms with Crippen LogP contribution in [0.25, 0.3) is 0 Å². The summed E-state index contributed by atoms with van der Waals surface area (Å²) in [5.41, 5.74) is 10.6. The highest BCUT2D eigenvalue weighted by molar-refractivity contribution is 5.28. The van der Waals surface area contributed by atoms with Crippen LogP contribution in [-0.2, 0) is 0 Å². The Bertz CT molecular complexity index is 315. The SMILES string of the molecule is NCC(N)c1ccc(F)c(C(F)F)c1. The van der Waals surface area contributed by atoms with Gasteiger partial charge in [-0.15, -0.1) is 0 Å². The zero-order chi connectivity index (χ0) is 10.7. The van der Waals surface area contributed by atoms with Crippen LogP contribution in [0.5, 0.6) is 0 Å². The van der Waals surface area contributed by atoms with E-state index in [1.807, 2.05) is 0 Å². The lowest BCUT2D eigenvalue weighted by atomic mass is 10.0. The molecule has 0 aliphatic heterocycles. The van der Waals surface area contributed by atoms with E-state index >= 15 is 0 Å². The van der Waals surface area contributed by atoms with Crippen molar-refractivity contribution in [3.8, 4) is 0 Å². The van der Waals surface area contributed by atoms with Gasteiger partial charge in [0.15, 0.2) is 0 Å². The van der Waals surface area contributed by atoms with Gasteiger partial charge in [0.05, 0.1) is 5.56 Å². The van der Waals surface area contributed by atoms with Gasteiger partial charge in [0, 0.05) is 12.6 Å². The molecule has 1 aromatic carbocycles. The Morgan fingerprint density at radius 3 is 2.43 bits per heavy atom. The second-order valence-electron chi connectivity index (χ2n) is 2.92. The van der Waals surface area contributed by atoms with Crippen LogP contribution in [0, 0.1) is 5.82 Å². The number of nitrogens with two attached hydrogens (primary N) is 2. The van der Waals surface area contributed by atoms with Gasteiger partial charge in [-0.2, -0.15) is 0 Å². The fourth-order valence-corrected chi connectivity index (χ4v) is 1.10. The Morgan fingerprint density at radius 2 is 1.93 bits per heavy atom. The summed E-state index contributed by atoms with van der Waals surface area (Å²) in [7, 11) is 0. The first kappa shape index (κ1) is 11.0. The van der Waals surface area contributed by atoms with Crippen molar-refractivity contribution < 1.29 is 13.2 Å². The van der Waals surface area contributed by atoms with Gasteiger partial charge in [-0.3, -0.25) is 0 Å². The maximum atomic E-state index is 12.8. The molecule has 5 heteroatoms. The minimum absolute atomic E-state index is 0.133. The molecule has 14 heavy (non-hydrogen) atoms. The maximum Gasteiger partial charge on any atom is 0.266 e. The predicted octanol–water partition coefficient (Wildman–Crippen LogP) is 1.72. The third kappa shape index (κ3) is 2.24. The molecule has 0 aromatic heterocycles. The fourth-order valence-electron chi connectivity index (χ4n) is 1.10. The maximum absolute atomic E-state index is 12.8. The molecule has 4 N–H and O–H groups in total. The van der Waals surface area contributed by atoms with E-state index in [0.29, 0.717) is 5.56 Å². The van der Waals surface area contributed by atoms with Crippen LogP contribution in [0.3, 0.4) is 0 Å². The van der Waals surface area contributed by atoms with Gasteiger partial charge in [0.25, 0.3) is 6.43 Å². The van der Waals surface area contributed by atoms with Crippen LogP contribution in [0.15, 0.2) is 18.2 Å². The van der Waals surface area contributed by atoms with Gasteiger partial charge >= 0.3 is 0 Å². The fraction of sp³-hybridized carbons (Fsp3) is 0.333. The van der Waals surface area contributed by atoms with Crippen molar-refractivity contribution >= 4 is 0 Å². The average molecular weight is 204 g/mol. The van der Waals surface area contributed by atoms with Crippen LogP contribution in [0.2, 0.25) is 0 Å². The lowest BCUT2D eigenvalue weighted by molar-refractivity contribution is 0.146. The van der Waals surface area contributed by atoms with Gasteiger partial charge in [0.2, 0.25) is 0 Å². The third-order valence-corrected chi connectivity index (χ3v) is 1.94. The second-order valence-corrected chi connectivity index (χ2v) is 2.92. The summed E-state index contributed by atoms with van der Waals surface area (Å²) in [6.45, 7) is 0.133. The smallest absolute Gasteiger partial charge is 0.266 e. The molecule has 0 aliphatic rings. The molecule has 1 unspecified atom stereocenters. The number of rotatable bonds is 3. The first-order chi connectivity index (χ1) is 6.56. The summed E-state index contributed by atoms with van der Waals surface area (Å²) in [6, 6.07) is 2.86. The summed E-state index contributed by atoms with van der Waals surface area (Å²) in [5, 5.41) is 0. The summed E-state index contributed by atoms with van der Waals surface area (Å²) in [6.07, 6.45) is -2.83. The Balaban J connectivity index is 3.06. The van der Waals surface area contributed by atoms with Gasteiger partial charge in [-0.05, 0) is 17.7 Å². The van der Waals surface area contributed by atoms with E-state index in [9.17, 15) is 13.2 Å². The number of halogens is 3. The molecule has 0 fully saturated rings. The van der Waals surface area contributed by atoms with Gasteiger partial charge < -0.3 is 11.5 Å². The highest BCUT2D eigenvalue weighted by Gasteiger charge is 2.15. The van der Waals surface area contributed by atoms with Crippen molar-refractivity contribution in [2.75, 3.05) is 6.54 Å². The minimum Gasteiger partial charge on any atom is -0.329 e. The van der Waals surface area contributed by atoms with Crippen LogP contribution >= 0.6 is 0 Å². The Labute approximate surface area is 79.7 Å². The topological polar surface area (TPSA) is 52.0 Å². The van der Waals surface area contributed by atoms with Crippen molar-refractivity contribution in [3.05, 3.63) is 35.1 Å². The normalized spacial score (nSPS) is 13.3. The van der Waals surface area contributed by atoms with Gasteiger partial charge in [0.1, 0.15) is 5.82 Å². The van der Waals surface area contributed by atoms with E-state index in [0.717, 1.165) is 12.1 Å². The molecule has 1 atom stereocenters. The first-order valence-corrected chi connectivity index (χ1v) is 4.09. The van der Waals surface area contributed by atoms with E-state index < -0.39 is 23.8 Å². The second kappa shape index (κ2) is 4.43. The van der Waals surface area contributed by atoms with Gasteiger partial charge in [-0.1, -0.05) is 6.07 Å². The standard InChI is InChI=1S/C9H11F3N2/c10-7-2-1-5(8(14)4-13)3-6(7)9(11)12/h1-3,8-9H,4,13-14H2. The number of benzene rings is 1. The monoisotopic (exact) mass is 204 g/mol. The molecule has 1 rings (SSSR count). The molecule has 2 nitrogen and oxygen atoms in total. The van der Waals surface area contributed by atoms with E-state index in [1.54, 1.807) is 0 Å². The first-order valence-electron chi connectivity index (χ1n) is 4.09. The summed E-state index contributed by atoms with van der Waals surface area (Å²) in [5.74, 6) is -0.923. The molecule has 0 amide bonds. The minimum atomic E-state index is -2.83. The molecule has 0 radical (unpaired) electrons. The molecule has 0 saturated carbocycles. The molecule has 0 heterocycles. The summed E-state index contributed by atoms with van der Waals surface area (Å²) >= 11 is 0. The molecule has 78 valence electrons. The number of alkyl halides is 2. The van der Waals surface area contributed by atoms with E-state index in [-0.39, 0.29) is 6.54 Å². The van der Waals surface area contributed by atoms with Crippen LogP contribution in [0.4, 0.5) is 13.2 Å². The van der Waals surface area contributed by atoms with E-state index in [1.165, 1.54) is 6.07 Å². The van der Waals surface area contributed by atoms with E-state index in [4.69, 9.17) is 11.5 Å². The van der Waals surface area contributed by atoms with Crippen molar-refractivity contribution in [1.82, 2.24) is 0 Å². The molecule has 0 saturated heterocycles. The van der Waals surface area contributed by atoms with Crippen LogP contribution in [0.1, 0.15) is 23.6 Å². The molecule has 1 aromatic rings. The third-order valence-electron chi connectivity index (χ3n) is 1.94. The largest absolute Gasteiger partial charge is 0.329 e. The molecular formula is C9H11F3N2. The van der Waals surface area contributed by atoms with Gasteiger partial charge in [-0.25, -0.2) is 13.2 Å². The number of hydrogen-bond acceptors (Lipinski definition) is 2. The van der Waals surface area contributed by atoms with Crippen LogP contribution < -0.4 is 11.5 Å². The van der Waals surface area contributed by atoms with Crippen molar-refractivity contribution in [1.29, 1.82) is 0 Å². The van der Waals surface area contributed by atoms with E-state index in [2.05, 4.69) is 0 Å². The zero-order valence-electron chi connectivity index (χ0n) is 7.38. The predicted molar refractivity (Wildman–Crippen MR) is 47.3 cm³/mol. The Morgan fingerprint density at radius 1 is 1.29 bits per heavy atom. The number of hydrogen-bond donors (Lipinski definition) is 2. The molecular weight excluding hydrogens is 193 g/mol. The average Bonchev–Trinajstić information content (AvgIpc) is 2.17. The van der Waals surface area contributed by atoms with Crippen molar-refractivity contribution in [3.63, 3.8) is 0 Å². The van der Waals surface area contributed by atoms with Crippen molar-refractivity contribution in [2.24, 2.45) is 11.5 Å². The highest BCUT2D eigenvalue weighted by Crippen LogP contribution is 2.24. The van der Waals surface area contributed by atoms with Crippen molar-refractivity contribution in [2.45, 2.75) is 12.5 Å². The van der Waals surface area contributed by atoms with Crippen LogP contribution in [-0.4, -0.2) is 6.54 Å². The summed E-state index contributed by atoms with van der Waals surface area (Å²) < 4.78 is 37.4. The molecule has 0 aliphatic carbocycles. The quantitative estimate of drug-likeness (QED) is 0.787. The molecule has 0 bridgehead atoms. The lowest BCUT2D eigenvalue weighted by Crippen LogP contribution is -2.20. The molecule has 0 spiro atoms. The zero-order valence-corrected chi connectivity index (χ0v) is 7.38. The Kier molecular flexibility index (Phi) is 3.49. The Hall–Kier alpha value is -1.07.